The molecule has 3 heteroatoms. The maximum atomic E-state index is 2.35. The summed E-state index contributed by atoms with van der Waals surface area (Å²) in [6, 6.07) is 8.77. The molecule has 0 atom stereocenters. The maximum absolute atomic E-state index is 2.35. The van der Waals surface area contributed by atoms with Crippen LogP contribution < -0.4 is 4.90 Å². The van der Waals surface area contributed by atoms with Crippen molar-refractivity contribution in [1.82, 2.24) is 9.80 Å². The van der Waals surface area contributed by atoms with Crippen molar-refractivity contribution < 1.29 is 0 Å². The molecule has 0 bridgehead atoms. The van der Waals surface area contributed by atoms with E-state index >= 15 is 0 Å². The van der Waals surface area contributed by atoms with Crippen LogP contribution in [0, 0.1) is 0 Å². The Morgan fingerprint density at radius 1 is 0.824 bits per heavy atom. The van der Waals surface area contributed by atoms with Crippen molar-refractivity contribution in [1.29, 1.82) is 0 Å². The minimum Gasteiger partial charge on any atom is -0.378 e. The summed E-state index contributed by atoms with van der Waals surface area (Å²) in [6.07, 6.45) is 0. The van der Waals surface area contributed by atoms with E-state index in [1.54, 1.807) is 0 Å². The number of benzene rings is 1. The molecule has 0 fully saturated rings. The summed E-state index contributed by atoms with van der Waals surface area (Å²) in [4.78, 5) is 6.69. The van der Waals surface area contributed by atoms with Crippen molar-refractivity contribution in [3.63, 3.8) is 0 Å². The highest BCUT2D eigenvalue weighted by molar-refractivity contribution is 5.45. The van der Waals surface area contributed by atoms with Crippen molar-refractivity contribution in [2.24, 2.45) is 0 Å². The molecule has 1 aromatic rings. The van der Waals surface area contributed by atoms with Gasteiger partial charge in [-0.25, -0.2) is 0 Å². The fourth-order valence-corrected chi connectivity index (χ4v) is 1.66. The van der Waals surface area contributed by atoms with Crippen LogP contribution in [0.3, 0.4) is 0 Å². The molecule has 0 heterocycles. The van der Waals surface area contributed by atoms with E-state index in [4.69, 9.17) is 0 Å². The van der Waals surface area contributed by atoms with Gasteiger partial charge in [-0.3, -0.25) is 0 Å². The Labute approximate surface area is 106 Å². The molecular weight excluding hydrogens is 210 g/mol. The predicted molar refractivity (Wildman–Crippen MR) is 75.7 cm³/mol. The second kappa shape index (κ2) is 6.62. The van der Waals surface area contributed by atoms with Crippen LogP contribution in [0.4, 0.5) is 5.69 Å². The Kier molecular flexibility index (Phi) is 5.45. The van der Waals surface area contributed by atoms with Gasteiger partial charge in [-0.05, 0) is 38.8 Å². The zero-order chi connectivity index (χ0) is 12.8. The molecule has 0 saturated carbocycles. The molecule has 3 nitrogen and oxygen atoms in total. The van der Waals surface area contributed by atoms with Crippen LogP contribution in [-0.2, 0) is 6.54 Å². The van der Waals surface area contributed by atoms with Crippen LogP contribution in [-0.4, -0.2) is 58.1 Å². The fourth-order valence-electron chi connectivity index (χ4n) is 1.66. The van der Waals surface area contributed by atoms with Crippen molar-refractivity contribution >= 4 is 5.69 Å². The molecule has 0 aliphatic carbocycles. The predicted octanol–water partition coefficient (Wildman–Crippen LogP) is 1.75. The van der Waals surface area contributed by atoms with Gasteiger partial charge in [0.15, 0.2) is 0 Å². The van der Waals surface area contributed by atoms with E-state index in [0.29, 0.717) is 0 Å². The topological polar surface area (TPSA) is 9.72 Å². The zero-order valence-electron chi connectivity index (χ0n) is 11.8. The molecular formula is C14H25N3. The summed E-state index contributed by atoms with van der Waals surface area (Å²) in [5.74, 6) is 0. The molecule has 1 rings (SSSR count). The Morgan fingerprint density at radius 2 is 1.41 bits per heavy atom. The molecule has 0 aliphatic heterocycles. The van der Waals surface area contributed by atoms with Crippen LogP contribution in [0.15, 0.2) is 24.3 Å². The van der Waals surface area contributed by atoms with Crippen molar-refractivity contribution in [2.45, 2.75) is 6.54 Å². The second-order valence-corrected chi connectivity index (χ2v) is 5.10. The molecule has 17 heavy (non-hydrogen) atoms. The molecule has 0 spiro atoms. The van der Waals surface area contributed by atoms with Crippen molar-refractivity contribution in [3.8, 4) is 0 Å². The van der Waals surface area contributed by atoms with Gasteiger partial charge in [0.2, 0.25) is 0 Å². The van der Waals surface area contributed by atoms with Gasteiger partial charge in [0, 0.05) is 39.4 Å². The van der Waals surface area contributed by atoms with Crippen molar-refractivity contribution in [2.75, 3.05) is 53.2 Å². The number of hydrogen-bond donors (Lipinski definition) is 0. The Hall–Kier alpha value is -1.06. The highest BCUT2D eigenvalue weighted by Crippen LogP contribution is 2.13. The molecule has 0 saturated heterocycles. The van der Waals surface area contributed by atoms with E-state index in [9.17, 15) is 0 Å². The lowest BCUT2D eigenvalue weighted by Gasteiger charge is -2.20. The molecule has 0 radical (unpaired) electrons. The van der Waals surface area contributed by atoms with Crippen LogP contribution in [0.5, 0.6) is 0 Å². The Bertz CT molecular complexity index is 317. The summed E-state index contributed by atoms with van der Waals surface area (Å²) in [7, 11) is 10.5. The molecule has 96 valence electrons. The van der Waals surface area contributed by atoms with Gasteiger partial charge in [-0.15, -0.1) is 0 Å². The summed E-state index contributed by atoms with van der Waals surface area (Å²) in [5.41, 5.74) is 2.63. The van der Waals surface area contributed by atoms with Gasteiger partial charge in [0.1, 0.15) is 0 Å². The summed E-state index contributed by atoms with van der Waals surface area (Å²) in [6.45, 7) is 3.22. The van der Waals surface area contributed by atoms with Gasteiger partial charge in [0.05, 0.1) is 0 Å². The Morgan fingerprint density at radius 3 is 1.88 bits per heavy atom. The average molecular weight is 235 g/mol. The monoisotopic (exact) mass is 235 g/mol. The highest BCUT2D eigenvalue weighted by atomic mass is 15.1. The number of likely N-dealkylation sites (N-methyl/N-ethyl adjacent to an activating group) is 2. The minimum absolute atomic E-state index is 1.02. The van der Waals surface area contributed by atoms with Gasteiger partial charge < -0.3 is 14.7 Å². The minimum atomic E-state index is 1.02. The number of nitrogens with zero attached hydrogens (tertiary/aromatic N) is 3. The third kappa shape index (κ3) is 5.20. The molecule has 0 amide bonds. The summed E-state index contributed by atoms with van der Waals surface area (Å²) >= 11 is 0. The largest absolute Gasteiger partial charge is 0.378 e. The van der Waals surface area contributed by atoms with Crippen LogP contribution in [0.2, 0.25) is 0 Å². The van der Waals surface area contributed by atoms with E-state index < -0.39 is 0 Å². The molecule has 0 aromatic heterocycles. The SMILES string of the molecule is CN(C)CCN(C)Cc1ccc(N(C)C)cc1. The lowest BCUT2D eigenvalue weighted by atomic mass is 10.2. The highest BCUT2D eigenvalue weighted by Gasteiger charge is 2.01. The quantitative estimate of drug-likeness (QED) is 0.744. The summed E-state index contributed by atoms with van der Waals surface area (Å²) in [5, 5.41) is 0. The average Bonchev–Trinajstić information content (AvgIpc) is 2.27. The van der Waals surface area contributed by atoms with E-state index in [1.165, 1.54) is 11.3 Å². The van der Waals surface area contributed by atoms with Gasteiger partial charge in [-0.1, -0.05) is 12.1 Å². The normalized spacial score (nSPS) is 11.2. The first-order valence-corrected chi connectivity index (χ1v) is 6.08. The lowest BCUT2D eigenvalue weighted by molar-refractivity contribution is 0.276. The molecule has 1 aromatic carbocycles. The Balaban J connectivity index is 2.45. The van der Waals surface area contributed by atoms with E-state index in [1.807, 2.05) is 0 Å². The van der Waals surface area contributed by atoms with Crippen LogP contribution in [0.25, 0.3) is 0 Å². The van der Waals surface area contributed by atoms with Gasteiger partial charge in [0.25, 0.3) is 0 Å². The summed E-state index contributed by atoms with van der Waals surface area (Å²) < 4.78 is 0. The first-order valence-electron chi connectivity index (χ1n) is 6.08. The fraction of sp³-hybridized carbons (Fsp3) is 0.571. The van der Waals surface area contributed by atoms with Crippen molar-refractivity contribution in [3.05, 3.63) is 29.8 Å². The van der Waals surface area contributed by atoms with Crippen LogP contribution >= 0.6 is 0 Å². The number of anilines is 1. The smallest absolute Gasteiger partial charge is 0.0361 e. The third-order valence-electron chi connectivity index (χ3n) is 2.83. The van der Waals surface area contributed by atoms with Crippen LogP contribution in [0.1, 0.15) is 5.56 Å². The van der Waals surface area contributed by atoms with Gasteiger partial charge >= 0.3 is 0 Å². The second-order valence-electron chi connectivity index (χ2n) is 5.10. The lowest BCUT2D eigenvalue weighted by Crippen LogP contribution is -2.28. The molecule has 0 aliphatic rings. The number of rotatable bonds is 6. The zero-order valence-corrected chi connectivity index (χ0v) is 11.8. The third-order valence-corrected chi connectivity index (χ3v) is 2.83. The van der Waals surface area contributed by atoms with E-state index in [0.717, 1.165) is 19.6 Å². The van der Waals surface area contributed by atoms with E-state index in [2.05, 4.69) is 74.2 Å². The maximum Gasteiger partial charge on any atom is 0.0361 e. The van der Waals surface area contributed by atoms with E-state index in [-0.39, 0.29) is 0 Å². The standard InChI is InChI=1S/C14H25N3/c1-15(2)10-11-17(5)12-13-6-8-14(9-7-13)16(3)4/h6-9H,10-12H2,1-5H3. The number of hydrogen-bond acceptors (Lipinski definition) is 3. The van der Waals surface area contributed by atoms with Gasteiger partial charge in [-0.2, -0.15) is 0 Å². The molecule has 0 unspecified atom stereocenters. The molecule has 0 N–H and O–H groups in total. The first kappa shape index (κ1) is 14.0. The first-order chi connectivity index (χ1) is 7.99.